The Morgan fingerprint density at radius 3 is 2.00 bits per heavy atom. The largest absolute Gasteiger partial charge is 0.237 e. The van der Waals surface area contributed by atoms with E-state index in [0.717, 1.165) is 16.1 Å². The zero-order valence-electron chi connectivity index (χ0n) is 6.36. The molecule has 0 radical (unpaired) electrons. The molecule has 0 unspecified atom stereocenters. The van der Waals surface area contributed by atoms with Gasteiger partial charge in [-0.15, -0.1) is 0 Å². The molecule has 0 aliphatic carbocycles. The van der Waals surface area contributed by atoms with Gasteiger partial charge in [-0.25, -0.2) is 4.85 Å². The quantitative estimate of drug-likeness (QED) is 0.501. The molecule has 2 heteroatoms. The van der Waals surface area contributed by atoms with Crippen molar-refractivity contribution in [2.24, 2.45) is 0 Å². The van der Waals surface area contributed by atoms with Crippen LogP contribution in [0, 0.1) is 27.3 Å². The monoisotopic (exact) mass is 151 g/mol. The van der Waals surface area contributed by atoms with E-state index in [-0.39, 0.29) is 0 Å². The van der Waals surface area contributed by atoms with E-state index in [4.69, 9.17) is 6.57 Å². The van der Waals surface area contributed by atoms with E-state index in [1.807, 2.05) is 13.8 Å². The zero-order chi connectivity index (χ0) is 7.72. The van der Waals surface area contributed by atoms with Gasteiger partial charge in [0, 0.05) is 4.88 Å². The van der Waals surface area contributed by atoms with Crippen LogP contribution in [0.3, 0.4) is 0 Å². The Balaban J connectivity index is 3.37. The Labute approximate surface area is 65.1 Å². The maximum absolute atomic E-state index is 6.87. The van der Waals surface area contributed by atoms with E-state index in [0.29, 0.717) is 0 Å². The highest BCUT2D eigenvalue weighted by molar-refractivity contribution is 7.12. The predicted octanol–water partition coefficient (Wildman–Crippen LogP) is 3.22. The molecule has 10 heavy (non-hydrogen) atoms. The SMILES string of the molecule is [C-]#[N+]c1c(C)sc(C)c1C. The van der Waals surface area contributed by atoms with Crippen LogP contribution < -0.4 is 0 Å². The molecule has 0 N–H and O–H groups in total. The van der Waals surface area contributed by atoms with Crippen molar-refractivity contribution >= 4 is 17.0 Å². The van der Waals surface area contributed by atoms with Crippen molar-refractivity contribution in [1.82, 2.24) is 0 Å². The minimum atomic E-state index is 0.850. The summed E-state index contributed by atoms with van der Waals surface area (Å²) in [6.45, 7) is 12.9. The summed E-state index contributed by atoms with van der Waals surface area (Å²) < 4.78 is 0. The van der Waals surface area contributed by atoms with Crippen LogP contribution in [0.15, 0.2) is 0 Å². The summed E-state index contributed by atoms with van der Waals surface area (Å²) in [5, 5.41) is 0. The molecule has 0 aliphatic rings. The molecule has 1 aromatic rings. The number of thiophene rings is 1. The van der Waals surface area contributed by atoms with Gasteiger partial charge in [-0.2, -0.15) is 11.3 Å². The Kier molecular flexibility index (Phi) is 1.78. The molecule has 0 saturated carbocycles. The van der Waals surface area contributed by atoms with Crippen LogP contribution in [0.1, 0.15) is 15.3 Å². The van der Waals surface area contributed by atoms with E-state index in [2.05, 4.69) is 11.8 Å². The molecule has 0 spiro atoms. The van der Waals surface area contributed by atoms with Crippen LogP contribution in [-0.4, -0.2) is 0 Å². The second-order valence-corrected chi connectivity index (χ2v) is 3.73. The summed E-state index contributed by atoms with van der Waals surface area (Å²) in [5.41, 5.74) is 2.00. The lowest BCUT2D eigenvalue weighted by molar-refractivity contribution is 1.44. The van der Waals surface area contributed by atoms with E-state index < -0.39 is 0 Å². The topological polar surface area (TPSA) is 4.36 Å². The third-order valence-electron chi connectivity index (χ3n) is 1.63. The second kappa shape index (κ2) is 2.43. The van der Waals surface area contributed by atoms with Crippen molar-refractivity contribution in [2.75, 3.05) is 0 Å². The lowest BCUT2D eigenvalue weighted by Crippen LogP contribution is -1.66. The zero-order valence-corrected chi connectivity index (χ0v) is 7.17. The van der Waals surface area contributed by atoms with E-state index in [1.165, 1.54) is 4.88 Å². The minimum Gasteiger partial charge on any atom is -0.237 e. The average Bonchev–Trinajstić information content (AvgIpc) is 2.09. The fourth-order valence-corrected chi connectivity index (χ4v) is 1.95. The minimum absolute atomic E-state index is 0.850. The third kappa shape index (κ3) is 0.932. The lowest BCUT2D eigenvalue weighted by atomic mass is 10.2. The Morgan fingerprint density at radius 2 is 1.80 bits per heavy atom. The van der Waals surface area contributed by atoms with Gasteiger partial charge in [0.2, 0.25) is 5.69 Å². The van der Waals surface area contributed by atoms with Crippen LogP contribution in [0.5, 0.6) is 0 Å². The Bertz CT molecular complexity index is 291. The number of aryl methyl sites for hydroxylation is 2. The molecule has 0 fully saturated rings. The second-order valence-electron chi connectivity index (χ2n) is 2.30. The van der Waals surface area contributed by atoms with Gasteiger partial charge in [0.25, 0.3) is 0 Å². The number of rotatable bonds is 0. The smallest absolute Gasteiger partial charge is 0.203 e. The molecule has 1 nitrogen and oxygen atoms in total. The summed E-state index contributed by atoms with van der Waals surface area (Å²) in [6, 6.07) is 0. The molecule has 0 bridgehead atoms. The molecule has 1 aromatic heterocycles. The molecule has 0 aliphatic heterocycles. The number of hydrogen-bond donors (Lipinski definition) is 0. The Hall–Kier alpha value is -0.810. The molecule has 0 amide bonds. The van der Waals surface area contributed by atoms with Crippen molar-refractivity contribution in [3.05, 3.63) is 26.7 Å². The first kappa shape index (κ1) is 7.30. The van der Waals surface area contributed by atoms with Gasteiger partial charge in [0.05, 0.1) is 6.57 Å². The van der Waals surface area contributed by atoms with Gasteiger partial charge in [-0.3, -0.25) is 0 Å². The lowest BCUT2D eigenvalue weighted by Gasteiger charge is -1.86. The van der Waals surface area contributed by atoms with Crippen molar-refractivity contribution < 1.29 is 0 Å². The van der Waals surface area contributed by atoms with E-state index in [9.17, 15) is 0 Å². The van der Waals surface area contributed by atoms with Gasteiger partial charge in [0.1, 0.15) is 0 Å². The van der Waals surface area contributed by atoms with Gasteiger partial charge < -0.3 is 0 Å². The summed E-state index contributed by atoms with van der Waals surface area (Å²) >= 11 is 1.71. The van der Waals surface area contributed by atoms with Crippen molar-refractivity contribution in [3.8, 4) is 0 Å². The highest BCUT2D eigenvalue weighted by atomic mass is 32.1. The third-order valence-corrected chi connectivity index (χ3v) is 2.75. The maximum atomic E-state index is 6.87. The first-order valence-corrected chi connectivity index (χ1v) is 3.92. The van der Waals surface area contributed by atoms with Crippen LogP contribution in [0.25, 0.3) is 4.85 Å². The normalized spacial score (nSPS) is 9.40. The fourth-order valence-electron chi connectivity index (χ4n) is 0.948. The molecular weight excluding hydrogens is 142 g/mol. The van der Waals surface area contributed by atoms with Crippen LogP contribution >= 0.6 is 11.3 Å². The number of hydrogen-bond acceptors (Lipinski definition) is 1. The molecule has 52 valence electrons. The van der Waals surface area contributed by atoms with Crippen molar-refractivity contribution in [1.29, 1.82) is 0 Å². The van der Waals surface area contributed by atoms with Gasteiger partial charge in [0.15, 0.2) is 0 Å². The van der Waals surface area contributed by atoms with Crippen LogP contribution in [0.2, 0.25) is 0 Å². The molecule has 0 aromatic carbocycles. The summed E-state index contributed by atoms with van der Waals surface area (Å²) in [6.07, 6.45) is 0. The highest BCUT2D eigenvalue weighted by Gasteiger charge is 2.07. The first-order valence-electron chi connectivity index (χ1n) is 3.11. The highest BCUT2D eigenvalue weighted by Crippen LogP contribution is 2.33. The summed E-state index contributed by atoms with van der Waals surface area (Å²) in [5.74, 6) is 0. The summed E-state index contributed by atoms with van der Waals surface area (Å²) in [7, 11) is 0. The van der Waals surface area contributed by atoms with Crippen molar-refractivity contribution in [3.63, 3.8) is 0 Å². The first-order chi connectivity index (χ1) is 4.66. The van der Waals surface area contributed by atoms with E-state index in [1.54, 1.807) is 11.3 Å². The van der Waals surface area contributed by atoms with Gasteiger partial charge in [-0.1, -0.05) is 0 Å². The molecule has 1 rings (SSSR count). The fraction of sp³-hybridized carbons (Fsp3) is 0.375. The van der Waals surface area contributed by atoms with Gasteiger partial charge >= 0.3 is 0 Å². The average molecular weight is 151 g/mol. The molecule has 1 heterocycles. The molecule has 0 atom stereocenters. The van der Waals surface area contributed by atoms with E-state index >= 15 is 0 Å². The summed E-state index contributed by atoms with van der Waals surface area (Å²) in [4.78, 5) is 5.86. The molecular formula is C8H9NS. The standard InChI is InChI=1S/C8H9NS/c1-5-6(2)10-7(3)8(5)9-4/h1-3H3. The predicted molar refractivity (Wildman–Crippen MR) is 44.8 cm³/mol. The van der Waals surface area contributed by atoms with Gasteiger partial charge in [-0.05, 0) is 31.2 Å². The van der Waals surface area contributed by atoms with Crippen LogP contribution in [-0.2, 0) is 0 Å². The number of nitrogens with zero attached hydrogens (tertiary/aromatic N) is 1. The van der Waals surface area contributed by atoms with Crippen LogP contribution in [0.4, 0.5) is 5.69 Å². The Morgan fingerprint density at radius 1 is 1.20 bits per heavy atom. The molecule has 0 saturated heterocycles. The maximum Gasteiger partial charge on any atom is 0.203 e. The van der Waals surface area contributed by atoms with Crippen molar-refractivity contribution in [2.45, 2.75) is 20.8 Å².